The lowest BCUT2D eigenvalue weighted by molar-refractivity contribution is -0.919. The standard InChI is InChI=1S/C13H19ClN5O2/c1-16(2)13(17-5-7-21-8-6-17)18-11-4-3-10(14)9-12(11)19(20)15-18/h3-4,9,13H,5-8H2,1-2H3,(H,15,20)/q+1/p+1. The first-order valence-electron chi connectivity index (χ1n) is 7.02. The Bertz CT molecular complexity index is 689. The number of H-pyrrole nitrogens is 1. The van der Waals surface area contributed by atoms with Gasteiger partial charge in [-0.05, 0) is 17.0 Å². The van der Waals surface area contributed by atoms with Gasteiger partial charge in [0.15, 0.2) is 0 Å². The first kappa shape index (κ1) is 14.5. The molecule has 0 bridgehead atoms. The number of halogens is 1. The largest absolute Gasteiger partial charge is 0.379 e. The third kappa shape index (κ3) is 2.69. The summed E-state index contributed by atoms with van der Waals surface area (Å²) in [5.74, 6) is 0. The number of hydrogen-bond donors (Lipinski definition) is 2. The minimum atomic E-state index is 0.00720. The number of aromatic amines is 1. The van der Waals surface area contributed by atoms with Gasteiger partial charge in [-0.3, -0.25) is 4.90 Å². The van der Waals surface area contributed by atoms with Crippen molar-refractivity contribution >= 4 is 22.6 Å². The summed E-state index contributed by atoms with van der Waals surface area (Å²) in [6.45, 7) is 3.12. The van der Waals surface area contributed by atoms with E-state index in [0.29, 0.717) is 23.8 Å². The van der Waals surface area contributed by atoms with Crippen molar-refractivity contribution in [3.8, 4) is 0 Å². The van der Waals surface area contributed by atoms with Crippen LogP contribution in [0.25, 0.3) is 11.0 Å². The minimum Gasteiger partial charge on any atom is -0.379 e. The molecule has 114 valence electrons. The summed E-state index contributed by atoms with van der Waals surface area (Å²) in [6, 6.07) is 5.35. The zero-order chi connectivity index (χ0) is 15.0. The van der Waals surface area contributed by atoms with Crippen LogP contribution in [0.2, 0.25) is 5.02 Å². The van der Waals surface area contributed by atoms with Crippen LogP contribution in [0.5, 0.6) is 0 Å². The minimum absolute atomic E-state index is 0.00720. The van der Waals surface area contributed by atoms with Gasteiger partial charge in [-0.1, -0.05) is 21.5 Å². The van der Waals surface area contributed by atoms with E-state index in [1.165, 1.54) is 4.90 Å². The molecule has 0 amide bonds. The van der Waals surface area contributed by atoms with Gasteiger partial charge in [0, 0.05) is 24.2 Å². The summed E-state index contributed by atoms with van der Waals surface area (Å²) in [5, 5.41) is 3.43. The molecule has 2 N–H and O–H groups in total. The van der Waals surface area contributed by atoms with E-state index in [4.69, 9.17) is 16.3 Å². The van der Waals surface area contributed by atoms with E-state index in [-0.39, 0.29) is 6.29 Å². The van der Waals surface area contributed by atoms with Gasteiger partial charge in [0.05, 0.1) is 31.9 Å². The highest BCUT2D eigenvalue weighted by molar-refractivity contribution is 6.31. The van der Waals surface area contributed by atoms with E-state index in [1.807, 2.05) is 10.7 Å². The number of hydrogen-bond acceptors (Lipinski definition) is 3. The Labute approximate surface area is 127 Å². The van der Waals surface area contributed by atoms with E-state index in [1.54, 1.807) is 12.1 Å². The zero-order valence-electron chi connectivity index (χ0n) is 12.2. The average molecular weight is 314 g/mol. The molecule has 8 heteroatoms. The van der Waals surface area contributed by atoms with E-state index >= 15 is 0 Å². The van der Waals surface area contributed by atoms with E-state index in [2.05, 4.69) is 24.2 Å². The van der Waals surface area contributed by atoms with Crippen molar-refractivity contribution in [2.45, 2.75) is 6.29 Å². The van der Waals surface area contributed by atoms with Gasteiger partial charge in [-0.25, -0.2) is 4.90 Å². The highest BCUT2D eigenvalue weighted by Gasteiger charge is 2.34. The van der Waals surface area contributed by atoms with Crippen LogP contribution in [0, 0.1) is 4.91 Å². The second-order valence-electron chi connectivity index (χ2n) is 5.50. The van der Waals surface area contributed by atoms with Crippen molar-refractivity contribution in [1.29, 1.82) is 0 Å². The van der Waals surface area contributed by atoms with Crippen LogP contribution in [0.1, 0.15) is 6.29 Å². The van der Waals surface area contributed by atoms with Crippen molar-refractivity contribution in [3.63, 3.8) is 0 Å². The monoisotopic (exact) mass is 313 g/mol. The van der Waals surface area contributed by atoms with Crippen LogP contribution in [-0.2, 0) is 4.74 Å². The number of nitrogens with one attached hydrogen (secondary N) is 2. The fraction of sp³-hybridized carbons (Fsp3) is 0.538. The second-order valence-corrected chi connectivity index (χ2v) is 5.93. The van der Waals surface area contributed by atoms with Crippen LogP contribution in [0.3, 0.4) is 0 Å². The van der Waals surface area contributed by atoms with Crippen molar-refractivity contribution in [2.24, 2.45) is 0 Å². The van der Waals surface area contributed by atoms with E-state index < -0.39 is 0 Å². The van der Waals surface area contributed by atoms with Gasteiger partial charge < -0.3 is 4.74 Å². The Morgan fingerprint density at radius 3 is 2.76 bits per heavy atom. The van der Waals surface area contributed by atoms with E-state index in [9.17, 15) is 4.91 Å². The first-order chi connectivity index (χ1) is 10.1. The van der Waals surface area contributed by atoms with Gasteiger partial charge >= 0.3 is 6.29 Å². The maximum Gasteiger partial charge on any atom is 0.310 e. The number of quaternary nitrogens is 1. The van der Waals surface area contributed by atoms with Gasteiger partial charge in [-0.2, -0.15) is 0 Å². The Kier molecular flexibility index (Phi) is 3.99. The Hall–Kier alpha value is -1.41. The maximum absolute atomic E-state index is 12.1. The summed E-state index contributed by atoms with van der Waals surface area (Å²) < 4.78 is 8.08. The first-order valence-corrected chi connectivity index (χ1v) is 7.40. The third-order valence-corrected chi connectivity index (χ3v) is 4.00. The fourth-order valence-corrected chi connectivity index (χ4v) is 3.03. The molecule has 0 aliphatic carbocycles. The Morgan fingerprint density at radius 2 is 2.10 bits per heavy atom. The molecular weight excluding hydrogens is 294 g/mol. The van der Waals surface area contributed by atoms with Crippen LogP contribution in [0.15, 0.2) is 18.2 Å². The van der Waals surface area contributed by atoms with Crippen molar-refractivity contribution in [3.05, 3.63) is 28.1 Å². The normalized spacial score (nSPS) is 18.5. The predicted octanol–water partition coefficient (Wildman–Crippen LogP) is -0.530. The molecule has 2 heterocycles. The lowest BCUT2D eigenvalue weighted by Crippen LogP contribution is -3.09. The van der Waals surface area contributed by atoms with E-state index in [0.717, 1.165) is 23.1 Å². The van der Waals surface area contributed by atoms with Crippen LogP contribution >= 0.6 is 11.6 Å². The molecule has 0 saturated carbocycles. The van der Waals surface area contributed by atoms with Crippen LogP contribution < -0.4 is 9.44 Å². The second kappa shape index (κ2) is 5.76. The summed E-state index contributed by atoms with van der Waals surface area (Å²) >= 11 is 5.98. The quantitative estimate of drug-likeness (QED) is 0.749. The number of benzene rings is 1. The summed E-state index contributed by atoms with van der Waals surface area (Å²) in [5.41, 5.74) is 1.38. The SMILES string of the molecule is C[NH+](C)C(N1CCOCC1)n1[nH][n+](=O)c2cc(Cl)ccc21. The molecule has 1 unspecified atom stereocenters. The van der Waals surface area contributed by atoms with Gasteiger partial charge in [0.2, 0.25) is 5.52 Å². The molecule has 2 aromatic rings. The fourth-order valence-electron chi connectivity index (χ4n) is 2.86. The Balaban J connectivity index is 2.09. The Morgan fingerprint density at radius 1 is 1.38 bits per heavy atom. The maximum atomic E-state index is 12.1. The molecule has 1 aliphatic heterocycles. The molecule has 0 spiro atoms. The summed E-state index contributed by atoms with van der Waals surface area (Å²) in [6.07, 6.45) is 0.00720. The molecule has 1 aromatic carbocycles. The molecule has 3 rings (SSSR count). The molecule has 1 fully saturated rings. The molecule has 1 saturated heterocycles. The number of rotatable bonds is 3. The van der Waals surface area contributed by atoms with Crippen LogP contribution in [0.4, 0.5) is 0 Å². The number of aromatic nitrogens is 3. The summed E-state index contributed by atoms with van der Waals surface area (Å²) in [4.78, 5) is 15.6. The van der Waals surface area contributed by atoms with Crippen molar-refractivity contribution in [2.75, 3.05) is 40.4 Å². The molecule has 1 aliphatic rings. The molecule has 0 radical (unpaired) electrons. The topological polar surface area (TPSA) is 60.6 Å². The van der Waals surface area contributed by atoms with Gasteiger partial charge in [0.1, 0.15) is 0 Å². The lowest BCUT2D eigenvalue weighted by Gasteiger charge is -2.32. The molecule has 7 nitrogen and oxygen atoms in total. The number of nitrogens with zero attached hydrogens (tertiary/aromatic N) is 3. The summed E-state index contributed by atoms with van der Waals surface area (Å²) in [7, 11) is 4.15. The van der Waals surface area contributed by atoms with Gasteiger partial charge in [0.25, 0.3) is 5.52 Å². The molecule has 21 heavy (non-hydrogen) atoms. The lowest BCUT2D eigenvalue weighted by atomic mass is 10.3. The number of morpholine rings is 1. The number of fused-ring (bicyclic) bond motifs is 1. The molecular formula is C13H20ClN5O2+2. The smallest absolute Gasteiger partial charge is 0.310 e. The van der Waals surface area contributed by atoms with Crippen molar-refractivity contribution in [1.82, 2.24) is 14.8 Å². The highest BCUT2D eigenvalue weighted by Crippen LogP contribution is 2.18. The molecule has 1 atom stereocenters. The predicted molar refractivity (Wildman–Crippen MR) is 78.9 cm³/mol. The number of ether oxygens (including phenoxy) is 1. The average Bonchev–Trinajstić information content (AvgIpc) is 2.77. The molecule has 1 aromatic heterocycles. The third-order valence-electron chi connectivity index (χ3n) is 3.77. The van der Waals surface area contributed by atoms with Crippen molar-refractivity contribution < 1.29 is 14.2 Å². The highest BCUT2D eigenvalue weighted by atomic mass is 35.5. The van der Waals surface area contributed by atoms with Gasteiger partial charge in [-0.15, -0.1) is 0 Å². The van der Waals surface area contributed by atoms with Crippen LogP contribution in [-0.4, -0.2) is 55.2 Å². The zero-order valence-corrected chi connectivity index (χ0v) is 12.9.